The van der Waals surface area contributed by atoms with E-state index in [1.54, 1.807) is 0 Å². The molecule has 0 saturated carbocycles. The van der Waals surface area contributed by atoms with Crippen molar-refractivity contribution in [2.75, 3.05) is 6.61 Å². The van der Waals surface area contributed by atoms with Crippen molar-refractivity contribution in [3.63, 3.8) is 0 Å². The Morgan fingerprint density at radius 2 is 1.83 bits per heavy atom. The molecule has 2 atom stereocenters. The fourth-order valence-corrected chi connectivity index (χ4v) is 3.01. The molecule has 2 aromatic rings. The van der Waals surface area contributed by atoms with Gasteiger partial charge in [0.15, 0.2) is 6.04 Å². The Hall–Kier alpha value is -2.42. The maximum absolute atomic E-state index is 12.3. The third-order valence-electron chi connectivity index (χ3n) is 4.23. The average molecular weight is 307 g/mol. The van der Waals surface area contributed by atoms with Crippen LogP contribution in [0.2, 0.25) is 0 Å². The molecular weight excluding hydrogens is 286 g/mol. The number of esters is 1. The van der Waals surface area contributed by atoms with Crippen molar-refractivity contribution in [2.24, 2.45) is 4.99 Å². The summed E-state index contributed by atoms with van der Waals surface area (Å²) in [6, 6.07) is 18.0. The number of carbonyl (C=O) groups is 1. The SMILES string of the molecule is CCOC(=O)[C@H]1N=C(c2ccc(C)cc2)C[C@@H]1c1ccccc1. The highest BCUT2D eigenvalue weighted by atomic mass is 16.5. The van der Waals surface area contributed by atoms with Gasteiger partial charge in [-0.05, 0) is 31.4 Å². The number of hydrogen-bond acceptors (Lipinski definition) is 3. The lowest BCUT2D eigenvalue weighted by molar-refractivity contribution is -0.144. The Morgan fingerprint density at radius 3 is 2.48 bits per heavy atom. The number of benzene rings is 2. The van der Waals surface area contributed by atoms with Crippen molar-refractivity contribution in [2.45, 2.75) is 32.2 Å². The number of aryl methyl sites for hydroxylation is 1. The highest BCUT2D eigenvalue weighted by Crippen LogP contribution is 2.34. The fourth-order valence-electron chi connectivity index (χ4n) is 3.01. The van der Waals surface area contributed by atoms with E-state index >= 15 is 0 Å². The van der Waals surface area contributed by atoms with Crippen LogP contribution in [0.15, 0.2) is 59.6 Å². The van der Waals surface area contributed by atoms with Crippen LogP contribution in [0, 0.1) is 6.92 Å². The normalized spacial score (nSPS) is 20.2. The van der Waals surface area contributed by atoms with Gasteiger partial charge in [-0.1, -0.05) is 60.2 Å². The molecule has 2 aromatic carbocycles. The highest BCUT2D eigenvalue weighted by Gasteiger charge is 2.36. The van der Waals surface area contributed by atoms with Gasteiger partial charge < -0.3 is 4.74 Å². The molecule has 0 aliphatic carbocycles. The van der Waals surface area contributed by atoms with Gasteiger partial charge in [0.2, 0.25) is 0 Å². The Kier molecular flexibility index (Phi) is 4.56. The largest absolute Gasteiger partial charge is 0.464 e. The number of aliphatic imine (C=N–C) groups is 1. The molecule has 1 aliphatic rings. The van der Waals surface area contributed by atoms with E-state index in [-0.39, 0.29) is 11.9 Å². The topological polar surface area (TPSA) is 38.7 Å². The lowest BCUT2D eigenvalue weighted by Gasteiger charge is -2.16. The number of nitrogens with zero attached hydrogens (tertiary/aromatic N) is 1. The van der Waals surface area contributed by atoms with E-state index in [0.717, 1.165) is 23.3 Å². The molecule has 118 valence electrons. The molecular formula is C20H21NO2. The van der Waals surface area contributed by atoms with E-state index in [2.05, 4.69) is 43.3 Å². The Morgan fingerprint density at radius 1 is 1.13 bits per heavy atom. The molecule has 0 N–H and O–H groups in total. The maximum Gasteiger partial charge on any atom is 0.331 e. The van der Waals surface area contributed by atoms with Gasteiger partial charge in [-0.2, -0.15) is 0 Å². The van der Waals surface area contributed by atoms with Gasteiger partial charge in [-0.25, -0.2) is 4.79 Å². The molecule has 0 fully saturated rings. The Labute approximate surface area is 137 Å². The van der Waals surface area contributed by atoms with Crippen molar-refractivity contribution in [3.8, 4) is 0 Å². The predicted octanol–water partition coefficient (Wildman–Crippen LogP) is 3.90. The lowest BCUT2D eigenvalue weighted by Crippen LogP contribution is -2.25. The molecule has 3 heteroatoms. The zero-order valence-electron chi connectivity index (χ0n) is 13.5. The first-order valence-corrected chi connectivity index (χ1v) is 8.04. The number of hydrogen-bond donors (Lipinski definition) is 0. The third-order valence-corrected chi connectivity index (χ3v) is 4.23. The predicted molar refractivity (Wildman–Crippen MR) is 91.9 cm³/mol. The summed E-state index contributed by atoms with van der Waals surface area (Å²) >= 11 is 0. The van der Waals surface area contributed by atoms with Crippen LogP contribution in [-0.2, 0) is 9.53 Å². The minimum absolute atomic E-state index is 0.0477. The highest BCUT2D eigenvalue weighted by molar-refractivity contribution is 6.04. The van der Waals surface area contributed by atoms with E-state index < -0.39 is 6.04 Å². The second kappa shape index (κ2) is 6.78. The van der Waals surface area contributed by atoms with Crippen LogP contribution in [0.5, 0.6) is 0 Å². The van der Waals surface area contributed by atoms with E-state index in [1.165, 1.54) is 5.56 Å². The first-order valence-electron chi connectivity index (χ1n) is 8.04. The quantitative estimate of drug-likeness (QED) is 0.803. The standard InChI is InChI=1S/C20H21NO2/c1-3-23-20(22)19-17(15-7-5-4-6-8-15)13-18(21-19)16-11-9-14(2)10-12-16/h4-12,17,19H,3,13H2,1-2H3/t17-,19+/m1/s1. The number of rotatable bonds is 4. The summed E-state index contributed by atoms with van der Waals surface area (Å²) in [6.45, 7) is 4.27. The zero-order valence-corrected chi connectivity index (χ0v) is 13.5. The maximum atomic E-state index is 12.3. The molecule has 0 aromatic heterocycles. The molecule has 0 amide bonds. The first-order chi connectivity index (χ1) is 11.2. The minimum atomic E-state index is -0.450. The van der Waals surface area contributed by atoms with Gasteiger partial charge in [0.25, 0.3) is 0 Å². The van der Waals surface area contributed by atoms with Crippen molar-refractivity contribution < 1.29 is 9.53 Å². The smallest absolute Gasteiger partial charge is 0.331 e. The molecule has 3 nitrogen and oxygen atoms in total. The van der Waals surface area contributed by atoms with Crippen molar-refractivity contribution in [3.05, 3.63) is 71.3 Å². The van der Waals surface area contributed by atoms with Crippen molar-refractivity contribution >= 4 is 11.7 Å². The van der Waals surface area contributed by atoms with Crippen LogP contribution in [0.25, 0.3) is 0 Å². The van der Waals surface area contributed by atoms with Crippen molar-refractivity contribution in [1.29, 1.82) is 0 Å². The van der Waals surface area contributed by atoms with Crippen LogP contribution in [0.4, 0.5) is 0 Å². The average Bonchev–Trinajstić information content (AvgIpc) is 3.02. The summed E-state index contributed by atoms with van der Waals surface area (Å²) in [5.41, 5.74) is 4.42. The molecule has 0 bridgehead atoms. The molecule has 3 rings (SSSR count). The summed E-state index contributed by atoms with van der Waals surface area (Å²) in [5.74, 6) is -0.185. The van der Waals surface area contributed by atoms with Crippen LogP contribution in [0.1, 0.15) is 36.0 Å². The van der Waals surface area contributed by atoms with Gasteiger partial charge in [0.05, 0.1) is 6.61 Å². The van der Waals surface area contributed by atoms with Gasteiger partial charge in [-0.3, -0.25) is 4.99 Å². The minimum Gasteiger partial charge on any atom is -0.464 e. The Balaban J connectivity index is 1.92. The van der Waals surface area contributed by atoms with E-state index in [1.807, 2.05) is 25.1 Å². The summed E-state index contributed by atoms with van der Waals surface area (Å²) in [5, 5.41) is 0. The van der Waals surface area contributed by atoms with Gasteiger partial charge in [-0.15, -0.1) is 0 Å². The molecule has 23 heavy (non-hydrogen) atoms. The summed E-state index contributed by atoms with van der Waals surface area (Å²) in [6.07, 6.45) is 0.760. The Bertz CT molecular complexity index is 704. The summed E-state index contributed by atoms with van der Waals surface area (Å²) < 4.78 is 5.23. The molecule has 0 saturated heterocycles. The van der Waals surface area contributed by atoms with E-state index in [4.69, 9.17) is 9.73 Å². The molecule has 0 spiro atoms. The lowest BCUT2D eigenvalue weighted by atomic mass is 9.89. The first kappa shape index (κ1) is 15.5. The van der Waals surface area contributed by atoms with Gasteiger partial charge in [0, 0.05) is 11.6 Å². The summed E-state index contributed by atoms with van der Waals surface area (Å²) in [7, 11) is 0. The second-order valence-corrected chi connectivity index (χ2v) is 5.86. The van der Waals surface area contributed by atoms with Crippen LogP contribution < -0.4 is 0 Å². The summed E-state index contributed by atoms with van der Waals surface area (Å²) in [4.78, 5) is 17.0. The van der Waals surface area contributed by atoms with Crippen LogP contribution in [0.3, 0.4) is 0 Å². The van der Waals surface area contributed by atoms with Crippen LogP contribution >= 0.6 is 0 Å². The zero-order chi connectivity index (χ0) is 16.2. The van der Waals surface area contributed by atoms with Gasteiger partial charge in [0.1, 0.15) is 0 Å². The number of ether oxygens (including phenoxy) is 1. The van der Waals surface area contributed by atoms with Gasteiger partial charge >= 0.3 is 5.97 Å². The molecule has 0 radical (unpaired) electrons. The second-order valence-electron chi connectivity index (χ2n) is 5.86. The fraction of sp³-hybridized carbons (Fsp3) is 0.300. The molecule has 1 aliphatic heterocycles. The molecule has 1 heterocycles. The van der Waals surface area contributed by atoms with E-state index in [9.17, 15) is 4.79 Å². The van der Waals surface area contributed by atoms with Crippen molar-refractivity contribution in [1.82, 2.24) is 0 Å². The third kappa shape index (κ3) is 3.34. The molecule has 0 unspecified atom stereocenters. The van der Waals surface area contributed by atoms with E-state index in [0.29, 0.717) is 6.61 Å². The monoisotopic (exact) mass is 307 g/mol. The van der Waals surface area contributed by atoms with Crippen LogP contribution in [-0.4, -0.2) is 24.3 Å². The number of carbonyl (C=O) groups excluding carboxylic acids is 1.